The number of quaternary nitrogens is 1. The van der Waals surface area contributed by atoms with Crippen molar-refractivity contribution >= 4 is 17.9 Å². The Morgan fingerprint density at radius 2 is 1.40 bits per heavy atom. The van der Waals surface area contributed by atoms with Gasteiger partial charge in [-0.05, 0) is 80.5 Å². The summed E-state index contributed by atoms with van der Waals surface area (Å²) in [7, 11) is 2.39. The SMILES string of the molecule is CC(=O)OC1CCN([C@H]2C[C@@]3(C)C(CCC4C3CC[C@@]3(C)C4C[C@H]([N+]4(C)CCC5(CC4)OCCO5)[C@@H]3OC(C)=O)C[C@@H]2OC(C)=O)CC1. The van der Waals surface area contributed by atoms with Crippen LogP contribution in [-0.2, 0) is 38.1 Å². The summed E-state index contributed by atoms with van der Waals surface area (Å²) in [4.78, 5) is 39.2. The van der Waals surface area contributed by atoms with E-state index in [1.54, 1.807) is 13.8 Å². The molecule has 10 nitrogen and oxygen atoms in total. The van der Waals surface area contributed by atoms with Gasteiger partial charge in [-0.1, -0.05) is 13.8 Å². The number of hydrogen-bond donors (Lipinski definition) is 0. The standard InChI is InChI=1S/C38H61N2O8/c1-24(41)46-28-10-15-39(16-11-28)32-23-37(5)27(21-34(32)47-25(2)42)7-8-29-30(37)9-12-36(4)31(29)22-33(35(36)48-26(3)43)40(6)17-13-38(14-18-40)44-19-20-45-38/h27-35H,7-23H2,1-6H3/q+1/t27?,29?,30?,31?,32-,33-,34-,35-,36-,37-/m0/s1. The molecule has 0 amide bonds. The van der Waals surface area contributed by atoms with Crippen LogP contribution in [0, 0.1) is 34.5 Å². The Balaban J connectivity index is 1.13. The highest BCUT2D eigenvalue weighted by Gasteiger charge is 2.68. The van der Waals surface area contributed by atoms with Crippen molar-refractivity contribution in [1.29, 1.82) is 0 Å². The molecule has 270 valence electrons. The molecule has 0 N–H and O–H groups in total. The van der Waals surface area contributed by atoms with Gasteiger partial charge in [0.2, 0.25) is 0 Å². The number of hydrogen-bond acceptors (Lipinski definition) is 9. The van der Waals surface area contributed by atoms with E-state index in [0.717, 1.165) is 94.9 Å². The lowest BCUT2D eigenvalue weighted by atomic mass is 9.44. The monoisotopic (exact) mass is 673 g/mol. The minimum Gasteiger partial charge on any atom is -0.462 e. The van der Waals surface area contributed by atoms with E-state index in [4.69, 9.17) is 23.7 Å². The predicted molar refractivity (Wildman–Crippen MR) is 177 cm³/mol. The van der Waals surface area contributed by atoms with Gasteiger partial charge < -0.3 is 28.2 Å². The molecule has 3 saturated heterocycles. The molecule has 0 radical (unpaired) electrons. The minimum atomic E-state index is -0.417. The molecule has 7 rings (SSSR count). The van der Waals surface area contributed by atoms with Crippen molar-refractivity contribution in [2.24, 2.45) is 34.5 Å². The second-order valence-electron chi connectivity index (χ2n) is 17.6. The van der Waals surface area contributed by atoms with Gasteiger partial charge in [-0.2, -0.15) is 0 Å². The third-order valence-electron chi connectivity index (χ3n) is 15.1. The molecule has 10 heteroatoms. The molecule has 3 heterocycles. The highest BCUT2D eigenvalue weighted by Crippen LogP contribution is 2.68. The molecular formula is C38H61N2O8+. The number of rotatable bonds is 5. The van der Waals surface area contributed by atoms with Gasteiger partial charge >= 0.3 is 17.9 Å². The van der Waals surface area contributed by atoms with Crippen LogP contribution in [0.3, 0.4) is 0 Å². The minimum absolute atomic E-state index is 0.0263. The third-order valence-corrected chi connectivity index (χ3v) is 15.1. The summed E-state index contributed by atoms with van der Waals surface area (Å²) in [6.45, 7) is 14.7. The zero-order chi connectivity index (χ0) is 34.1. The lowest BCUT2D eigenvalue weighted by molar-refractivity contribution is -0.943. The zero-order valence-corrected chi connectivity index (χ0v) is 30.4. The highest BCUT2D eigenvalue weighted by molar-refractivity contribution is 5.67. The molecule has 48 heavy (non-hydrogen) atoms. The van der Waals surface area contributed by atoms with E-state index in [2.05, 4.69) is 25.8 Å². The first kappa shape index (κ1) is 34.7. The van der Waals surface area contributed by atoms with E-state index >= 15 is 0 Å². The summed E-state index contributed by atoms with van der Waals surface area (Å²) in [5, 5.41) is 0. The van der Waals surface area contributed by atoms with Gasteiger partial charge in [0.1, 0.15) is 18.2 Å². The number of fused-ring (bicyclic) bond motifs is 5. The number of piperidine rings is 2. The maximum absolute atomic E-state index is 12.7. The normalized spacial score (nSPS) is 43.9. The molecule has 10 atom stereocenters. The van der Waals surface area contributed by atoms with E-state index in [-0.39, 0.29) is 59.1 Å². The van der Waals surface area contributed by atoms with Gasteiger partial charge in [0.05, 0.1) is 46.2 Å². The Bertz CT molecular complexity index is 1230. The van der Waals surface area contributed by atoms with Crippen molar-refractivity contribution in [2.45, 2.75) is 141 Å². The third kappa shape index (κ3) is 6.02. The van der Waals surface area contributed by atoms with Crippen LogP contribution in [0.5, 0.6) is 0 Å². The van der Waals surface area contributed by atoms with Crippen molar-refractivity contribution in [3.63, 3.8) is 0 Å². The molecule has 1 spiro atoms. The summed E-state index contributed by atoms with van der Waals surface area (Å²) in [6, 6.07) is 0.452. The van der Waals surface area contributed by atoms with Crippen LogP contribution in [0.2, 0.25) is 0 Å². The Kier molecular flexibility index (Phi) is 9.24. The summed E-state index contributed by atoms with van der Waals surface area (Å²) >= 11 is 0. The maximum atomic E-state index is 12.7. The number of carbonyl (C=O) groups excluding carboxylic acids is 3. The second-order valence-corrected chi connectivity index (χ2v) is 17.6. The first-order valence-electron chi connectivity index (χ1n) is 19.1. The molecule has 4 saturated carbocycles. The predicted octanol–water partition coefficient (Wildman–Crippen LogP) is 4.86. The lowest BCUT2D eigenvalue weighted by Crippen LogP contribution is -2.63. The van der Waals surface area contributed by atoms with Gasteiger partial charge in [-0.25, -0.2) is 0 Å². The summed E-state index contributed by atoms with van der Waals surface area (Å²) in [5.41, 5.74) is 0.116. The molecular weight excluding hydrogens is 612 g/mol. The number of esters is 3. The average molecular weight is 674 g/mol. The molecule has 4 unspecified atom stereocenters. The fraction of sp³-hybridized carbons (Fsp3) is 0.921. The number of ether oxygens (including phenoxy) is 5. The van der Waals surface area contributed by atoms with Crippen molar-refractivity contribution in [2.75, 3.05) is 46.4 Å². The molecule has 0 bridgehead atoms. The van der Waals surface area contributed by atoms with Gasteiger partial charge in [-0.3, -0.25) is 19.3 Å². The Morgan fingerprint density at radius 1 is 0.750 bits per heavy atom. The topological polar surface area (TPSA) is 101 Å². The van der Waals surface area contributed by atoms with E-state index < -0.39 is 5.79 Å². The van der Waals surface area contributed by atoms with Crippen LogP contribution in [0.4, 0.5) is 0 Å². The van der Waals surface area contributed by atoms with Gasteiger partial charge in [0, 0.05) is 51.7 Å². The van der Waals surface area contributed by atoms with Crippen molar-refractivity contribution in [3.8, 4) is 0 Å². The summed E-state index contributed by atoms with van der Waals surface area (Å²) < 4.78 is 31.2. The van der Waals surface area contributed by atoms with Crippen LogP contribution in [0.15, 0.2) is 0 Å². The smallest absolute Gasteiger partial charge is 0.303 e. The van der Waals surface area contributed by atoms with Crippen LogP contribution < -0.4 is 0 Å². The van der Waals surface area contributed by atoms with Gasteiger partial charge in [0.15, 0.2) is 11.9 Å². The molecule has 0 aromatic carbocycles. The molecule has 3 aliphatic heterocycles. The van der Waals surface area contributed by atoms with Crippen molar-refractivity contribution in [3.05, 3.63) is 0 Å². The first-order chi connectivity index (χ1) is 22.8. The first-order valence-corrected chi connectivity index (χ1v) is 19.1. The molecule has 0 aromatic heterocycles. The number of likely N-dealkylation sites (tertiary alicyclic amines) is 2. The van der Waals surface area contributed by atoms with Gasteiger partial charge in [0.25, 0.3) is 0 Å². The van der Waals surface area contributed by atoms with E-state index in [9.17, 15) is 14.4 Å². The van der Waals surface area contributed by atoms with Crippen molar-refractivity contribution < 1.29 is 42.6 Å². The van der Waals surface area contributed by atoms with E-state index in [0.29, 0.717) is 36.9 Å². The van der Waals surface area contributed by atoms with Crippen LogP contribution in [-0.4, -0.2) is 110 Å². The van der Waals surface area contributed by atoms with E-state index in [1.807, 2.05) is 0 Å². The Hall–Kier alpha value is -1.75. The molecule has 0 aromatic rings. The summed E-state index contributed by atoms with van der Waals surface area (Å²) in [5.74, 6) is 1.26. The molecule has 4 aliphatic carbocycles. The number of carbonyl (C=O) groups is 3. The molecule has 7 fully saturated rings. The van der Waals surface area contributed by atoms with Crippen LogP contribution >= 0.6 is 0 Å². The lowest BCUT2D eigenvalue weighted by Gasteiger charge is -2.62. The number of likely N-dealkylation sites (N-methyl/N-ethyl adjacent to an activating group) is 1. The molecule has 7 aliphatic rings. The van der Waals surface area contributed by atoms with Gasteiger partial charge in [-0.15, -0.1) is 0 Å². The summed E-state index contributed by atoms with van der Waals surface area (Å²) in [6.07, 6.45) is 10.9. The fourth-order valence-corrected chi connectivity index (χ4v) is 12.7. The van der Waals surface area contributed by atoms with E-state index in [1.165, 1.54) is 13.3 Å². The largest absolute Gasteiger partial charge is 0.462 e. The van der Waals surface area contributed by atoms with Crippen LogP contribution in [0.25, 0.3) is 0 Å². The zero-order valence-electron chi connectivity index (χ0n) is 30.4. The average Bonchev–Trinajstić information content (AvgIpc) is 3.61. The quantitative estimate of drug-likeness (QED) is 0.230. The Morgan fingerprint density at radius 3 is 2.02 bits per heavy atom. The fourth-order valence-electron chi connectivity index (χ4n) is 12.7. The highest BCUT2D eigenvalue weighted by atomic mass is 16.7. The second kappa shape index (κ2) is 12.8. The van der Waals surface area contributed by atoms with Crippen molar-refractivity contribution in [1.82, 2.24) is 4.90 Å². The Labute approximate surface area is 287 Å². The maximum Gasteiger partial charge on any atom is 0.303 e. The van der Waals surface area contributed by atoms with Crippen LogP contribution in [0.1, 0.15) is 105 Å². The number of nitrogens with zero attached hydrogens (tertiary/aromatic N) is 2.